The predicted molar refractivity (Wildman–Crippen MR) is 107 cm³/mol. The first-order valence-electron chi connectivity index (χ1n) is 8.13. The molecule has 144 valence electrons. The number of carbonyl (C=O) groups is 1. The second kappa shape index (κ2) is 7.65. The number of hydrogen-bond acceptors (Lipinski definition) is 5. The minimum atomic E-state index is -3.54. The summed E-state index contributed by atoms with van der Waals surface area (Å²) in [5, 5.41) is 2.59. The van der Waals surface area contributed by atoms with E-state index in [0.717, 1.165) is 12.3 Å². The van der Waals surface area contributed by atoms with E-state index in [1.54, 1.807) is 30.3 Å². The number of nitrogens with zero attached hydrogens (tertiary/aromatic N) is 1. The summed E-state index contributed by atoms with van der Waals surface area (Å²) >= 11 is 0. The summed E-state index contributed by atoms with van der Waals surface area (Å²) < 4.78 is 39.4. The fourth-order valence-electron chi connectivity index (χ4n) is 2.56. The van der Waals surface area contributed by atoms with E-state index in [9.17, 15) is 17.6 Å². The number of nitrogens with one attached hydrogen (secondary N) is 2. The zero-order valence-electron chi connectivity index (χ0n) is 14.8. The molecule has 0 spiro atoms. The van der Waals surface area contributed by atoms with E-state index in [2.05, 4.69) is 15.0 Å². The van der Waals surface area contributed by atoms with Gasteiger partial charge >= 0.3 is 0 Å². The van der Waals surface area contributed by atoms with E-state index in [1.165, 1.54) is 24.3 Å². The summed E-state index contributed by atoms with van der Waals surface area (Å²) in [5.41, 5.74) is 6.97. The van der Waals surface area contributed by atoms with Gasteiger partial charge < -0.3 is 11.1 Å². The zero-order chi connectivity index (χ0) is 20.3. The van der Waals surface area contributed by atoms with E-state index < -0.39 is 21.7 Å². The molecule has 0 unspecified atom stereocenters. The van der Waals surface area contributed by atoms with Crippen LogP contribution >= 0.6 is 0 Å². The van der Waals surface area contributed by atoms with Crippen molar-refractivity contribution in [2.24, 2.45) is 0 Å². The number of nitrogens with two attached hydrogens (primary N) is 1. The molecule has 0 radical (unpaired) electrons. The molecule has 0 bridgehead atoms. The zero-order valence-corrected chi connectivity index (χ0v) is 15.6. The van der Waals surface area contributed by atoms with Crippen LogP contribution in [0.5, 0.6) is 0 Å². The molecule has 0 saturated carbocycles. The lowest BCUT2D eigenvalue weighted by atomic mass is 10.1. The average Bonchev–Trinajstić information content (AvgIpc) is 2.61. The molecule has 1 amide bonds. The molecule has 1 heterocycles. The monoisotopic (exact) mass is 400 g/mol. The fourth-order valence-corrected chi connectivity index (χ4v) is 3.13. The van der Waals surface area contributed by atoms with Crippen molar-refractivity contribution in [3.63, 3.8) is 0 Å². The number of aromatic nitrogens is 1. The van der Waals surface area contributed by atoms with E-state index in [4.69, 9.17) is 5.73 Å². The number of hydrogen-bond donors (Lipinski definition) is 3. The third kappa shape index (κ3) is 4.83. The highest BCUT2D eigenvalue weighted by molar-refractivity contribution is 7.92. The topological polar surface area (TPSA) is 114 Å². The van der Waals surface area contributed by atoms with Gasteiger partial charge in [-0.25, -0.2) is 17.8 Å². The lowest BCUT2D eigenvalue weighted by Gasteiger charge is -2.12. The summed E-state index contributed by atoms with van der Waals surface area (Å²) in [6, 6.07) is 15.0. The van der Waals surface area contributed by atoms with Gasteiger partial charge in [0.05, 0.1) is 23.3 Å². The van der Waals surface area contributed by atoms with E-state index >= 15 is 0 Å². The normalized spacial score (nSPS) is 11.1. The maximum atomic E-state index is 14.1. The molecule has 2 aromatic carbocycles. The number of para-hydroxylation sites is 2. The molecule has 0 atom stereocenters. The van der Waals surface area contributed by atoms with Gasteiger partial charge in [-0.15, -0.1) is 0 Å². The van der Waals surface area contributed by atoms with Crippen LogP contribution < -0.4 is 15.8 Å². The van der Waals surface area contributed by atoms with Crippen LogP contribution in [0.3, 0.4) is 0 Å². The molecular formula is C19H17FN4O3S. The van der Waals surface area contributed by atoms with Crippen molar-refractivity contribution >= 4 is 33.1 Å². The minimum Gasteiger partial charge on any atom is -0.384 e. The maximum absolute atomic E-state index is 14.1. The lowest BCUT2D eigenvalue weighted by Crippen LogP contribution is -2.16. The Morgan fingerprint density at radius 1 is 1.04 bits per heavy atom. The Bertz CT molecular complexity index is 1150. The standard InChI is InChI=1S/C19H17FN4O3S/c1-28(26,27)24-17-6-3-2-5-16(17)23-19(25)13-9-12(10-14(20)11-13)15-7-4-8-18(21)22-15/h2-11,24H,1H3,(H2,21,22)(H,23,25). The van der Waals surface area contributed by atoms with Crippen molar-refractivity contribution in [2.75, 3.05) is 22.0 Å². The molecular weight excluding hydrogens is 383 g/mol. The number of benzene rings is 2. The molecule has 0 saturated heterocycles. The Balaban J connectivity index is 1.92. The van der Waals surface area contributed by atoms with Crippen LogP contribution in [0.25, 0.3) is 11.3 Å². The SMILES string of the molecule is CS(=O)(=O)Nc1ccccc1NC(=O)c1cc(F)cc(-c2cccc(N)n2)c1. The van der Waals surface area contributed by atoms with Crippen LogP contribution in [-0.2, 0) is 10.0 Å². The van der Waals surface area contributed by atoms with Crippen LogP contribution in [-0.4, -0.2) is 25.6 Å². The number of carbonyl (C=O) groups excluding carboxylic acids is 1. The highest BCUT2D eigenvalue weighted by Gasteiger charge is 2.14. The van der Waals surface area contributed by atoms with Crippen LogP contribution in [0.4, 0.5) is 21.6 Å². The van der Waals surface area contributed by atoms with Crippen LogP contribution in [0, 0.1) is 5.82 Å². The Labute approximate surface area is 161 Å². The van der Waals surface area contributed by atoms with E-state index in [-0.39, 0.29) is 22.8 Å². The van der Waals surface area contributed by atoms with Gasteiger partial charge in [-0.1, -0.05) is 18.2 Å². The van der Waals surface area contributed by atoms with Gasteiger partial charge in [0, 0.05) is 11.1 Å². The van der Waals surface area contributed by atoms with Gasteiger partial charge in [0.25, 0.3) is 5.91 Å². The van der Waals surface area contributed by atoms with Crippen LogP contribution in [0.15, 0.2) is 60.7 Å². The van der Waals surface area contributed by atoms with Crippen molar-refractivity contribution in [3.05, 3.63) is 72.0 Å². The summed E-state index contributed by atoms with van der Waals surface area (Å²) in [6.07, 6.45) is 1.00. The first-order valence-corrected chi connectivity index (χ1v) is 10.0. The van der Waals surface area contributed by atoms with Crippen molar-refractivity contribution < 1.29 is 17.6 Å². The summed E-state index contributed by atoms with van der Waals surface area (Å²) in [7, 11) is -3.54. The summed E-state index contributed by atoms with van der Waals surface area (Å²) in [4.78, 5) is 16.8. The number of amides is 1. The first-order chi connectivity index (χ1) is 13.2. The minimum absolute atomic E-state index is 0.0494. The third-order valence-corrected chi connectivity index (χ3v) is 4.29. The highest BCUT2D eigenvalue weighted by atomic mass is 32.2. The Morgan fingerprint density at radius 2 is 1.75 bits per heavy atom. The lowest BCUT2D eigenvalue weighted by molar-refractivity contribution is 0.102. The van der Waals surface area contributed by atoms with Gasteiger partial charge in [0.2, 0.25) is 10.0 Å². The molecule has 7 nitrogen and oxygen atoms in total. The Morgan fingerprint density at radius 3 is 2.43 bits per heavy atom. The number of halogens is 1. The predicted octanol–water partition coefficient (Wildman–Crippen LogP) is 3.09. The van der Waals surface area contributed by atoms with Crippen molar-refractivity contribution in [2.45, 2.75) is 0 Å². The molecule has 0 aliphatic carbocycles. The summed E-state index contributed by atoms with van der Waals surface area (Å²) in [6.45, 7) is 0. The second-order valence-corrected chi connectivity index (χ2v) is 7.80. The first kappa shape index (κ1) is 19.3. The molecule has 0 aliphatic heterocycles. The van der Waals surface area contributed by atoms with Gasteiger partial charge in [-0.05, 0) is 42.5 Å². The van der Waals surface area contributed by atoms with Crippen LogP contribution in [0.1, 0.15) is 10.4 Å². The number of rotatable bonds is 5. The van der Waals surface area contributed by atoms with Crippen molar-refractivity contribution in [1.82, 2.24) is 4.98 Å². The average molecular weight is 400 g/mol. The number of sulfonamides is 1. The van der Waals surface area contributed by atoms with Gasteiger partial charge in [-0.3, -0.25) is 9.52 Å². The molecule has 3 aromatic rings. The van der Waals surface area contributed by atoms with Gasteiger partial charge in [0.1, 0.15) is 11.6 Å². The summed E-state index contributed by atoms with van der Waals surface area (Å²) in [5.74, 6) is -0.949. The smallest absolute Gasteiger partial charge is 0.255 e. The number of pyridine rings is 1. The van der Waals surface area contributed by atoms with Crippen LogP contribution in [0.2, 0.25) is 0 Å². The van der Waals surface area contributed by atoms with Gasteiger partial charge in [0.15, 0.2) is 0 Å². The highest BCUT2D eigenvalue weighted by Crippen LogP contribution is 2.25. The Hall–Kier alpha value is -3.46. The van der Waals surface area contributed by atoms with Gasteiger partial charge in [-0.2, -0.15) is 0 Å². The maximum Gasteiger partial charge on any atom is 0.255 e. The largest absolute Gasteiger partial charge is 0.384 e. The second-order valence-electron chi connectivity index (χ2n) is 6.05. The third-order valence-electron chi connectivity index (χ3n) is 3.70. The number of nitrogen functional groups attached to an aromatic ring is 1. The quantitative estimate of drug-likeness (QED) is 0.609. The number of anilines is 3. The fraction of sp³-hybridized carbons (Fsp3) is 0.0526. The molecule has 9 heteroatoms. The van der Waals surface area contributed by atoms with Crippen molar-refractivity contribution in [3.8, 4) is 11.3 Å². The molecule has 3 rings (SSSR count). The molecule has 0 aliphatic rings. The van der Waals surface area contributed by atoms with Crippen molar-refractivity contribution in [1.29, 1.82) is 0 Å². The van der Waals surface area contributed by atoms with E-state index in [0.29, 0.717) is 11.3 Å². The molecule has 0 fully saturated rings. The Kier molecular flexibility index (Phi) is 5.27. The molecule has 4 N–H and O–H groups in total. The molecule has 1 aromatic heterocycles. The van der Waals surface area contributed by atoms with E-state index in [1.807, 2.05) is 0 Å². The molecule has 28 heavy (non-hydrogen) atoms.